The van der Waals surface area contributed by atoms with Crippen molar-refractivity contribution in [3.63, 3.8) is 0 Å². The molecular weight excluding hydrogens is 582 g/mol. The summed E-state index contributed by atoms with van der Waals surface area (Å²) >= 11 is 0. The first kappa shape index (κ1) is 29.8. The molecule has 0 atom stereocenters. The van der Waals surface area contributed by atoms with Crippen LogP contribution in [0.25, 0.3) is 28.3 Å². The first-order valence-electron chi connectivity index (χ1n) is 12.7. The fourth-order valence-corrected chi connectivity index (χ4v) is 4.50. The van der Waals surface area contributed by atoms with E-state index in [-0.39, 0.29) is 46.6 Å². The van der Waals surface area contributed by atoms with Crippen LogP contribution in [0.2, 0.25) is 0 Å². The number of halogens is 6. The van der Waals surface area contributed by atoms with Crippen molar-refractivity contribution in [1.82, 2.24) is 14.9 Å². The number of carbonyl (C=O) groups excluding carboxylic acids is 2. The number of hydrogen-bond donors (Lipinski definition) is 2. The predicted molar refractivity (Wildman–Crippen MR) is 142 cm³/mol. The molecule has 1 amide bonds. The van der Waals surface area contributed by atoms with Gasteiger partial charge in [-0.3, -0.25) is 14.6 Å². The maximum Gasteiger partial charge on any atom is 0.420 e. The second-order valence-electron chi connectivity index (χ2n) is 10.1. The molecule has 0 saturated carbocycles. The third-order valence-electron chi connectivity index (χ3n) is 6.89. The Balaban J connectivity index is 1.32. The Bertz CT molecular complexity index is 1700. The van der Waals surface area contributed by atoms with Crippen LogP contribution in [-0.4, -0.2) is 56.5 Å². The Hall–Kier alpha value is -4.72. The smallest absolute Gasteiger partial charge is 0.420 e. The summed E-state index contributed by atoms with van der Waals surface area (Å²) in [5.41, 5.74) is 1.73. The summed E-state index contributed by atoms with van der Waals surface area (Å²) in [5.74, 6) is -0.606. The third-order valence-corrected chi connectivity index (χ3v) is 6.89. The molecular formula is C29H22F6N4O4. The number of nitrogens with two attached hydrogens (primary N) is 1. The highest BCUT2D eigenvalue weighted by Crippen LogP contribution is 2.40. The number of rotatable bonds is 7. The number of fused-ring (bicyclic) bond motifs is 1. The minimum absolute atomic E-state index is 0.0264. The lowest BCUT2D eigenvalue weighted by Gasteiger charge is -2.46. The van der Waals surface area contributed by atoms with Crippen molar-refractivity contribution in [2.24, 2.45) is 0 Å². The van der Waals surface area contributed by atoms with Crippen LogP contribution >= 0.6 is 0 Å². The third kappa shape index (κ3) is 6.23. The highest BCUT2D eigenvalue weighted by molar-refractivity contribution is 5.95. The van der Waals surface area contributed by atoms with E-state index in [1.54, 1.807) is 18.2 Å². The van der Waals surface area contributed by atoms with Crippen LogP contribution in [0.1, 0.15) is 33.7 Å². The molecule has 1 fully saturated rings. The van der Waals surface area contributed by atoms with E-state index in [1.165, 1.54) is 36.5 Å². The lowest BCUT2D eigenvalue weighted by Crippen LogP contribution is -2.70. The molecule has 4 aromatic rings. The summed E-state index contributed by atoms with van der Waals surface area (Å²) in [7, 11) is 0. The van der Waals surface area contributed by atoms with Gasteiger partial charge in [0.05, 0.1) is 29.9 Å². The fraction of sp³-hybridized carbons (Fsp3) is 0.241. The molecule has 8 nitrogen and oxygen atoms in total. The minimum Gasteiger partial charge on any atom is -0.460 e. The number of anilines is 1. The van der Waals surface area contributed by atoms with Gasteiger partial charge in [0.2, 0.25) is 0 Å². The van der Waals surface area contributed by atoms with Gasteiger partial charge < -0.3 is 20.2 Å². The van der Waals surface area contributed by atoms with Crippen molar-refractivity contribution in [3.8, 4) is 11.3 Å². The van der Waals surface area contributed by atoms with E-state index in [2.05, 4.69) is 9.97 Å². The molecule has 0 aliphatic carbocycles. The van der Waals surface area contributed by atoms with Gasteiger partial charge in [-0.25, -0.2) is 4.98 Å². The summed E-state index contributed by atoms with van der Waals surface area (Å²) in [5, 5.41) is 9.68. The number of benzene rings is 1. The first-order chi connectivity index (χ1) is 20.1. The van der Waals surface area contributed by atoms with Crippen LogP contribution in [0.4, 0.5) is 32.2 Å². The topological polar surface area (TPSA) is 123 Å². The zero-order valence-electron chi connectivity index (χ0n) is 22.0. The monoisotopic (exact) mass is 604 g/mol. The molecule has 43 heavy (non-hydrogen) atoms. The zero-order valence-corrected chi connectivity index (χ0v) is 22.0. The molecule has 0 unspecified atom stereocenters. The SMILES string of the molecule is Nc1ccc(/C=C/C(=O)CCc2cc3cc(-c4ccc(C(=O)N5CC(O)(C(F)(F)F)C5)cn4)cc(C(F)(F)F)c3o2)cn1. The van der Waals surface area contributed by atoms with E-state index < -0.39 is 48.1 Å². The van der Waals surface area contributed by atoms with Crippen molar-refractivity contribution < 1.29 is 45.5 Å². The van der Waals surface area contributed by atoms with Crippen LogP contribution in [0, 0.1) is 0 Å². The van der Waals surface area contributed by atoms with Gasteiger partial charge in [-0.2, -0.15) is 26.3 Å². The molecule has 1 aromatic carbocycles. The molecule has 224 valence electrons. The van der Waals surface area contributed by atoms with E-state index in [9.17, 15) is 41.0 Å². The Morgan fingerprint density at radius 3 is 2.37 bits per heavy atom. The van der Waals surface area contributed by atoms with Crippen molar-refractivity contribution in [2.45, 2.75) is 30.8 Å². The Kier molecular flexibility index (Phi) is 7.50. The van der Waals surface area contributed by atoms with E-state index in [1.807, 2.05) is 0 Å². The van der Waals surface area contributed by atoms with E-state index >= 15 is 0 Å². The van der Waals surface area contributed by atoms with E-state index in [0.29, 0.717) is 11.4 Å². The number of allylic oxidation sites excluding steroid dienone is 1. The number of pyridine rings is 2. The number of likely N-dealkylation sites (tertiary alicyclic amines) is 1. The summed E-state index contributed by atoms with van der Waals surface area (Å²) in [6.07, 6.45) is -4.28. The van der Waals surface area contributed by atoms with E-state index in [4.69, 9.17) is 10.2 Å². The number of aliphatic hydroxyl groups is 1. The number of aromatic nitrogens is 2. The number of hydrogen-bond acceptors (Lipinski definition) is 7. The Labute approximate surface area is 239 Å². The highest BCUT2D eigenvalue weighted by Gasteiger charge is 2.62. The van der Waals surface area contributed by atoms with Gasteiger partial charge in [0.15, 0.2) is 11.4 Å². The average Bonchev–Trinajstić information content (AvgIpc) is 3.35. The van der Waals surface area contributed by atoms with Crippen LogP contribution in [-0.2, 0) is 17.4 Å². The largest absolute Gasteiger partial charge is 0.460 e. The van der Waals surface area contributed by atoms with Gasteiger partial charge in [0.1, 0.15) is 17.2 Å². The molecule has 3 N–H and O–H groups in total. The molecule has 0 radical (unpaired) electrons. The number of alkyl halides is 6. The number of amides is 1. The molecule has 3 aromatic heterocycles. The predicted octanol–water partition coefficient (Wildman–Crippen LogP) is 5.46. The molecule has 5 rings (SSSR count). The molecule has 1 aliphatic rings. The van der Waals surface area contributed by atoms with Gasteiger partial charge in [0, 0.05) is 36.2 Å². The normalized spacial score (nSPS) is 15.2. The number of carbonyl (C=O) groups is 2. The van der Waals surface area contributed by atoms with Crippen LogP contribution in [0.15, 0.2) is 65.4 Å². The van der Waals surface area contributed by atoms with Crippen LogP contribution < -0.4 is 5.73 Å². The number of β-amino-alcohol motifs (C(OH)–C–C–N with tert-alkyl or cyclic N) is 1. The lowest BCUT2D eigenvalue weighted by atomic mass is 9.92. The van der Waals surface area contributed by atoms with Crippen LogP contribution in [0.5, 0.6) is 0 Å². The Morgan fingerprint density at radius 1 is 1.02 bits per heavy atom. The average molecular weight is 605 g/mol. The van der Waals surface area contributed by atoms with Gasteiger partial charge in [-0.05, 0) is 60.2 Å². The van der Waals surface area contributed by atoms with Crippen molar-refractivity contribution >= 4 is 34.6 Å². The van der Waals surface area contributed by atoms with Crippen molar-refractivity contribution in [3.05, 3.63) is 83.4 Å². The zero-order chi connectivity index (χ0) is 31.2. The molecule has 4 heterocycles. The molecule has 1 saturated heterocycles. The molecule has 14 heteroatoms. The number of furan rings is 1. The summed E-state index contributed by atoms with van der Waals surface area (Å²) in [6, 6.07) is 9.40. The second-order valence-corrected chi connectivity index (χ2v) is 10.1. The number of nitrogens with zero attached hydrogens (tertiary/aromatic N) is 3. The maximum atomic E-state index is 14.0. The number of ketones is 1. The van der Waals surface area contributed by atoms with Crippen molar-refractivity contribution in [1.29, 1.82) is 0 Å². The lowest BCUT2D eigenvalue weighted by molar-refractivity contribution is -0.294. The van der Waals surface area contributed by atoms with Gasteiger partial charge in [-0.1, -0.05) is 0 Å². The summed E-state index contributed by atoms with van der Waals surface area (Å²) < 4.78 is 86.0. The highest BCUT2D eigenvalue weighted by atomic mass is 19.4. The summed E-state index contributed by atoms with van der Waals surface area (Å²) in [4.78, 5) is 33.6. The van der Waals surface area contributed by atoms with Gasteiger partial charge in [-0.15, -0.1) is 0 Å². The summed E-state index contributed by atoms with van der Waals surface area (Å²) in [6.45, 7) is -1.87. The van der Waals surface area contributed by atoms with Crippen molar-refractivity contribution in [2.75, 3.05) is 18.8 Å². The first-order valence-corrected chi connectivity index (χ1v) is 12.7. The molecule has 0 bridgehead atoms. The minimum atomic E-state index is -4.89. The molecule has 1 aliphatic heterocycles. The molecule has 0 spiro atoms. The maximum absolute atomic E-state index is 14.0. The second kappa shape index (κ2) is 10.8. The van der Waals surface area contributed by atoms with Gasteiger partial charge >= 0.3 is 12.4 Å². The Morgan fingerprint density at radius 2 is 1.77 bits per heavy atom. The standard InChI is InChI=1S/C29H22F6N4O4/c30-28(31,32)22-11-18(23-7-3-17(13-37-23)26(41)39-14-27(42,15-39)29(33,34)35)9-19-10-21(43-25(19)22)6-5-20(40)4-1-16-2-8-24(36)38-12-16/h1-4,7-13,42H,5-6,14-15H2,(H2,36,38)/b4-1+. The van der Waals surface area contributed by atoms with Gasteiger partial charge in [0.25, 0.3) is 5.91 Å². The number of nitrogen functional groups attached to an aromatic ring is 1. The van der Waals surface area contributed by atoms with Crippen LogP contribution in [0.3, 0.4) is 0 Å². The fourth-order valence-electron chi connectivity index (χ4n) is 4.50. The number of aryl methyl sites for hydroxylation is 1. The van der Waals surface area contributed by atoms with E-state index in [0.717, 1.165) is 17.2 Å². The quantitative estimate of drug-likeness (QED) is 0.212.